The van der Waals surface area contributed by atoms with E-state index in [1.807, 2.05) is 36.5 Å². The molecule has 3 nitrogen and oxygen atoms in total. The molecule has 0 radical (unpaired) electrons. The molecule has 0 saturated heterocycles. The summed E-state index contributed by atoms with van der Waals surface area (Å²) in [7, 11) is 0. The maximum atomic E-state index is 9.89. The second-order valence-corrected chi connectivity index (χ2v) is 4.82. The number of aromatic hydroxyl groups is 1. The fraction of sp³-hybridized carbons (Fsp3) is 0.118. The van der Waals surface area contributed by atoms with E-state index in [0.717, 1.165) is 17.0 Å². The number of hydrogen-bond acceptors (Lipinski definition) is 2. The Balaban J connectivity index is 2.00. The first-order valence-electron chi connectivity index (χ1n) is 6.60. The number of aromatic nitrogens is 2. The number of para-hydroxylation sites is 1. The van der Waals surface area contributed by atoms with Crippen molar-refractivity contribution < 1.29 is 5.11 Å². The van der Waals surface area contributed by atoms with Gasteiger partial charge in [-0.2, -0.15) is 0 Å². The Labute approximate surface area is 118 Å². The molecule has 1 N–H and O–H groups in total. The zero-order chi connectivity index (χ0) is 13.9. The molecule has 3 aromatic rings. The summed E-state index contributed by atoms with van der Waals surface area (Å²) in [4.78, 5) is 4.45. The Hall–Kier alpha value is -2.55. The molecule has 3 rings (SSSR count). The number of hydrogen-bond donors (Lipinski definition) is 1. The normalized spacial score (nSPS) is 10.7. The van der Waals surface area contributed by atoms with E-state index in [9.17, 15) is 5.11 Å². The van der Waals surface area contributed by atoms with Gasteiger partial charge in [-0.15, -0.1) is 0 Å². The highest BCUT2D eigenvalue weighted by molar-refractivity contribution is 5.60. The quantitative estimate of drug-likeness (QED) is 0.784. The molecule has 0 saturated carbocycles. The molecule has 0 atom stereocenters. The van der Waals surface area contributed by atoms with Crippen LogP contribution in [0.5, 0.6) is 5.75 Å². The third-order valence-electron chi connectivity index (χ3n) is 3.43. The molecule has 0 aliphatic heterocycles. The molecule has 0 unspecified atom stereocenters. The minimum absolute atomic E-state index is 0.317. The van der Waals surface area contributed by atoms with Gasteiger partial charge < -0.3 is 9.67 Å². The zero-order valence-electron chi connectivity index (χ0n) is 11.3. The summed E-state index contributed by atoms with van der Waals surface area (Å²) in [5, 5.41) is 9.89. The predicted octanol–water partition coefficient (Wildman–Crippen LogP) is 3.61. The number of nitrogens with zero attached hydrogens (tertiary/aromatic N) is 2. The van der Waals surface area contributed by atoms with Crippen LogP contribution in [0, 0.1) is 6.92 Å². The van der Waals surface area contributed by atoms with Crippen LogP contribution in [0.25, 0.3) is 11.4 Å². The van der Waals surface area contributed by atoms with E-state index < -0.39 is 0 Å². The van der Waals surface area contributed by atoms with Gasteiger partial charge in [-0.1, -0.05) is 42.5 Å². The molecule has 1 heterocycles. The Bertz CT molecular complexity index is 731. The van der Waals surface area contributed by atoms with E-state index >= 15 is 0 Å². The molecule has 0 bridgehead atoms. The van der Waals surface area contributed by atoms with E-state index in [1.54, 1.807) is 12.3 Å². The predicted molar refractivity (Wildman–Crippen MR) is 79.6 cm³/mol. The molecule has 1 aromatic heterocycles. The van der Waals surface area contributed by atoms with Crippen molar-refractivity contribution in [2.75, 3.05) is 0 Å². The molecule has 0 aliphatic carbocycles. The van der Waals surface area contributed by atoms with Crippen molar-refractivity contribution in [2.45, 2.75) is 13.5 Å². The molecule has 0 aliphatic rings. The van der Waals surface area contributed by atoms with Crippen LogP contribution in [0.1, 0.15) is 11.1 Å². The van der Waals surface area contributed by atoms with Crippen LogP contribution in [-0.2, 0) is 6.54 Å². The van der Waals surface area contributed by atoms with Crippen molar-refractivity contribution in [3.05, 3.63) is 72.1 Å². The lowest BCUT2D eigenvalue weighted by atomic mass is 10.1. The number of phenolic OH excluding ortho intramolecular Hbond substituents is 1. The maximum absolute atomic E-state index is 9.89. The lowest BCUT2D eigenvalue weighted by molar-refractivity contribution is 0.466. The molecule has 0 amide bonds. The first kappa shape index (κ1) is 12.5. The molecule has 20 heavy (non-hydrogen) atoms. The summed E-state index contributed by atoms with van der Waals surface area (Å²) < 4.78 is 2.05. The average molecular weight is 264 g/mol. The van der Waals surface area contributed by atoms with Crippen molar-refractivity contribution >= 4 is 0 Å². The summed E-state index contributed by atoms with van der Waals surface area (Å²) in [5.41, 5.74) is 3.20. The first-order valence-corrected chi connectivity index (χ1v) is 6.60. The van der Waals surface area contributed by atoms with Crippen LogP contribution >= 0.6 is 0 Å². The SMILES string of the molecule is Cc1ccccc1-c1nccn1Cc1ccccc1O. The third kappa shape index (κ3) is 2.30. The molecular formula is C17H16N2O. The number of rotatable bonds is 3. The summed E-state index contributed by atoms with van der Waals surface area (Å²) in [6, 6.07) is 15.6. The molecule has 0 spiro atoms. The monoisotopic (exact) mass is 264 g/mol. The number of benzene rings is 2. The van der Waals surface area contributed by atoms with Crippen LogP contribution in [0.3, 0.4) is 0 Å². The molecule has 3 heteroatoms. The van der Waals surface area contributed by atoms with Gasteiger partial charge in [-0.3, -0.25) is 0 Å². The average Bonchev–Trinajstić information content (AvgIpc) is 2.90. The standard InChI is InChI=1S/C17H16N2O/c1-13-6-2-4-8-15(13)17-18-10-11-19(17)12-14-7-3-5-9-16(14)20/h2-11,20H,12H2,1H3. The number of imidazole rings is 1. The van der Waals surface area contributed by atoms with E-state index in [4.69, 9.17) is 0 Å². The van der Waals surface area contributed by atoms with E-state index in [0.29, 0.717) is 12.3 Å². The minimum Gasteiger partial charge on any atom is -0.508 e. The highest BCUT2D eigenvalue weighted by Crippen LogP contribution is 2.24. The van der Waals surface area contributed by atoms with Gasteiger partial charge in [0, 0.05) is 23.5 Å². The number of phenols is 1. The molecule has 100 valence electrons. The molecule has 0 fully saturated rings. The van der Waals surface area contributed by atoms with Crippen molar-refractivity contribution in [3.63, 3.8) is 0 Å². The van der Waals surface area contributed by atoms with Gasteiger partial charge in [0.25, 0.3) is 0 Å². The Morgan fingerprint density at radius 3 is 2.60 bits per heavy atom. The Kier molecular flexibility index (Phi) is 3.25. The summed E-state index contributed by atoms with van der Waals surface area (Å²) in [6.07, 6.45) is 3.73. The van der Waals surface area contributed by atoms with Crippen molar-refractivity contribution in [2.24, 2.45) is 0 Å². The van der Waals surface area contributed by atoms with Crippen LogP contribution < -0.4 is 0 Å². The highest BCUT2D eigenvalue weighted by Gasteiger charge is 2.09. The van der Waals surface area contributed by atoms with Gasteiger partial charge in [0.15, 0.2) is 0 Å². The van der Waals surface area contributed by atoms with Gasteiger partial charge in [-0.05, 0) is 18.6 Å². The summed E-state index contributed by atoms with van der Waals surface area (Å²) in [5.74, 6) is 1.24. The molecular weight excluding hydrogens is 248 g/mol. The smallest absolute Gasteiger partial charge is 0.140 e. The van der Waals surface area contributed by atoms with Gasteiger partial charge in [0.2, 0.25) is 0 Å². The topological polar surface area (TPSA) is 38.0 Å². The van der Waals surface area contributed by atoms with Crippen molar-refractivity contribution in [1.29, 1.82) is 0 Å². The zero-order valence-corrected chi connectivity index (χ0v) is 11.3. The van der Waals surface area contributed by atoms with E-state index in [1.165, 1.54) is 5.56 Å². The lowest BCUT2D eigenvalue weighted by Gasteiger charge is -2.11. The second-order valence-electron chi connectivity index (χ2n) is 4.82. The van der Waals surface area contributed by atoms with Crippen LogP contribution in [0.4, 0.5) is 0 Å². The van der Waals surface area contributed by atoms with E-state index in [2.05, 4.69) is 28.6 Å². The van der Waals surface area contributed by atoms with E-state index in [-0.39, 0.29) is 0 Å². The summed E-state index contributed by atoms with van der Waals surface area (Å²) >= 11 is 0. The maximum Gasteiger partial charge on any atom is 0.140 e. The van der Waals surface area contributed by atoms with Gasteiger partial charge in [0.05, 0.1) is 6.54 Å². The Morgan fingerprint density at radius 1 is 1.05 bits per heavy atom. The van der Waals surface area contributed by atoms with Gasteiger partial charge >= 0.3 is 0 Å². The minimum atomic E-state index is 0.317. The fourth-order valence-electron chi connectivity index (χ4n) is 2.33. The first-order chi connectivity index (χ1) is 9.75. The Morgan fingerprint density at radius 2 is 1.80 bits per heavy atom. The van der Waals surface area contributed by atoms with Crippen LogP contribution in [0.2, 0.25) is 0 Å². The third-order valence-corrected chi connectivity index (χ3v) is 3.43. The lowest BCUT2D eigenvalue weighted by Crippen LogP contribution is -2.02. The van der Waals surface area contributed by atoms with Crippen molar-refractivity contribution in [1.82, 2.24) is 9.55 Å². The highest BCUT2D eigenvalue weighted by atomic mass is 16.3. The van der Waals surface area contributed by atoms with Gasteiger partial charge in [-0.25, -0.2) is 4.98 Å². The molecule has 2 aromatic carbocycles. The largest absolute Gasteiger partial charge is 0.508 e. The van der Waals surface area contributed by atoms with Crippen LogP contribution in [0.15, 0.2) is 60.9 Å². The van der Waals surface area contributed by atoms with Crippen molar-refractivity contribution in [3.8, 4) is 17.1 Å². The second kappa shape index (κ2) is 5.21. The van der Waals surface area contributed by atoms with Crippen LogP contribution in [-0.4, -0.2) is 14.7 Å². The van der Waals surface area contributed by atoms with Gasteiger partial charge in [0.1, 0.15) is 11.6 Å². The number of aryl methyl sites for hydroxylation is 1. The fourth-order valence-corrected chi connectivity index (χ4v) is 2.33. The summed E-state index contributed by atoms with van der Waals surface area (Å²) in [6.45, 7) is 2.69.